The molecule has 2 aromatic rings. The van der Waals surface area contributed by atoms with Crippen molar-refractivity contribution >= 4 is 17.7 Å². The fourth-order valence-corrected chi connectivity index (χ4v) is 2.55. The molecule has 1 aromatic heterocycles. The Kier molecular flexibility index (Phi) is 3.92. The summed E-state index contributed by atoms with van der Waals surface area (Å²) in [6.07, 6.45) is 3.76. The summed E-state index contributed by atoms with van der Waals surface area (Å²) in [4.78, 5) is 16.5. The molecule has 1 aliphatic rings. The van der Waals surface area contributed by atoms with E-state index in [1.54, 1.807) is 12.3 Å². The Balaban J connectivity index is 1.80. The van der Waals surface area contributed by atoms with E-state index in [9.17, 15) is 9.90 Å². The SMILES string of the molecule is Cc1ccc(N=CC2=C(O)C[C@@H](c3ccco3)CC2=O)cc1. The first-order valence-electron chi connectivity index (χ1n) is 7.23. The first-order chi connectivity index (χ1) is 10.6. The van der Waals surface area contributed by atoms with Crippen molar-refractivity contribution in [2.45, 2.75) is 25.7 Å². The van der Waals surface area contributed by atoms with Gasteiger partial charge in [0.2, 0.25) is 0 Å². The number of rotatable bonds is 3. The van der Waals surface area contributed by atoms with Gasteiger partial charge in [0.15, 0.2) is 5.78 Å². The summed E-state index contributed by atoms with van der Waals surface area (Å²) in [7, 11) is 0. The molecule has 3 rings (SSSR count). The molecule has 0 fully saturated rings. The second-order valence-electron chi connectivity index (χ2n) is 5.50. The van der Waals surface area contributed by atoms with Crippen LogP contribution < -0.4 is 0 Å². The van der Waals surface area contributed by atoms with Crippen LogP contribution >= 0.6 is 0 Å². The fraction of sp³-hybridized carbons (Fsp3) is 0.222. The molecule has 112 valence electrons. The molecule has 22 heavy (non-hydrogen) atoms. The molecule has 1 atom stereocenters. The number of nitrogens with zero attached hydrogens (tertiary/aromatic N) is 1. The van der Waals surface area contributed by atoms with Gasteiger partial charge in [0.05, 0.1) is 17.5 Å². The van der Waals surface area contributed by atoms with Gasteiger partial charge >= 0.3 is 0 Å². The number of allylic oxidation sites excluding steroid dienone is 2. The Morgan fingerprint density at radius 2 is 2.00 bits per heavy atom. The van der Waals surface area contributed by atoms with Crippen LogP contribution in [-0.4, -0.2) is 17.1 Å². The van der Waals surface area contributed by atoms with Gasteiger partial charge in [-0.3, -0.25) is 9.79 Å². The summed E-state index contributed by atoms with van der Waals surface area (Å²) >= 11 is 0. The van der Waals surface area contributed by atoms with Gasteiger partial charge in [-0.2, -0.15) is 0 Å². The monoisotopic (exact) mass is 295 g/mol. The minimum atomic E-state index is -0.110. The summed E-state index contributed by atoms with van der Waals surface area (Å²) in [6, 6.07) is 11.3. The number of aliphatic imine (C=N–C) groups is 1. The Morgan fingerprint density at radius 3 is 2.64 bits per heavy atom. The largest absolute Gasteiger partial charge is 0.511 e. The molecule has 0 spiro atoms. The molecule has 0 bridgehead atoms. The third kappa shape index (κ3) is 3.01. The molecule has 1 aliphatic carbocycles. The summed E-state index contributed by atoms with van der Waals surface area (Å²) in [5, 5.41) is 10.2. The van der Waals surface area contributed by atoms with Gasteiger partial charge in [-0.1, -0.05) is 17.7 Å². The fourth-order valence-electron chi connectivity index (χ4n) is 2.55. The highest BCUT2D eigenvalue weighted by atomic mass is 16.3. The standard InChI is InChI=1S/C18H17NO3/c1-12-4-6-14(7-5-12)19-11-15-16(20)9-13(10-17(15)21)18-3-2-8-22-18/h2-8,11,13,20H,9-10H2,1H3/t13-/m1/s1. The molecule has 4 heteroatoms. The maximum Gasteiger partial charge on any atom is 0.168 e. The Morgan fingerprint density at radius 1 is 1.23 bits per heavy atom. The number of hydrogen-bond donors (Lipinski definition) is 1. The first-order valence-corrected chi connectivity index (χ1v) is 7.23. The summed E-state index contributed by atoms with van der Waals surface area (Å²) in [5.41, 5.74) is 2.20. The van der Waals surface area contributed by atoms with E-state index in [1.807, 2.05) is 37.3 Å². The van der Waals surface area contributed by atoms with E-state index in [0.717, 1.165) is 17.0 Å². The predicted molar refractivity (Wildman–Crippen MR) is 84.7 cm³/mol. The molecule has 1 heterocycles. The molecule has 0 saturated heterocycles. The van der Waals surface area contributed by atoms with Crippen LogP contribution in [0.15, 0.2) is 63.4 Å². The van der Waals surface area contributed by atoms with Crippen molar-refractivity contribution in [3.05, 3.63) is 65.3 Å². The molecule has 0 amide bonds. The molecule has 1 N–H and O–H groups in total. The molecule has 0 aliphatic heterocycles. The number of aliphatic hydroxyl groups is 1. The van der Waals surface area contributed by atoms with Crippen LogP contribution in [0.2, 0.25) is 0 Å². The average molecular weight is 295 g/mol. The van der Waals surface area contributed by atoms with E-state index in [2.05, 4.69) is 4.99 Å². The molecule has 0 saturated carbocycles. The highest BCUT2D eigenvalue weighted by Crippen LogP contribution is 2.33. The molecule has 1 aromatic carbocycles. The number of benzene rings is 1. The molecule has 0 unspecified atom stereocenters. The zero-order valence-electron chi connectivity index (χ0n) is 12.3. The van der Waals surface area contributed by atoms with Gasteiger partial charge in [0, 0.05) is 25.0 Å². The molecule has 4 nitrogen and oxygen atoms in total. The molecule has 0 radical (unpaired) electrons. The number of ketones is 1. The molecular formula is C18H17NO3. The van der Waals surface area contributed by atoms with E-state index < -0.39 is 0 Å². The third-order valence-corrected chi connectivity index (χ3v) is 3.81. The normalized spacial score (nSPS) is 19.1. The maximum atomic E-state index is 12.2. The Labute approximate surface area is 128 Å². The van der Waals surface area contributed by atoms with Crippen molar-refractivity contribution in [1.29, 1.82) is 0 Å². The van der Waals surface area contributed by atoms with Crippen LogP contribution in [0.1, 0.15) is 30.1 Å². The number of aryl methyl sites for hydroxylation is 1. The Hall–Kier alpha value is -2.62. The lowest BCUT2D eigenvalue weighted by Gasteiger charge is -2.20. The Bertz CT molecular complexity index is 724. The highest BCUT2D eigenvalue weighted by Gasteiger charge is 2.29. The zero-order valence-corrected chi connectivity index (χ0v) is 12.3. The van der Waals surface area contributed by atoms with Crippen molar-refractivity contribution in [2.24, 2.45) is 4.99 Å². The van der Waals surface area contributed by atoms with E-state index in [-0.39, 0.29) is 17.5 Å². The van der Waals surface area contributed by atoms with Crippen molar-refractivity contribution in [3.8, 4) is 0 Å². The van der Waals surface area contributed by atoms with E-state index in [0.29, 0.717) is 18.4 Å². The zero-order chi connectivity index (χ0) is 15.5. The summed E-state index contributed by atoms with van der Waals surface area (Å²) in [6.45, 7) is 2.00. The van der Waals surface area contributed by atoms with Crippen LogP contribution in [0, 0.1) is 6.92 Å². The van der Waals surface area contributed by atoms with Crippen LogP contribution in [0.5, 0.6) is 0 Å². The smallest absolute Gasteiger partial charge is 0.168 e. The second kappa shape index (κ2) is 6.02. The van der Waals surface area contributed by atoms with Gasteiger partial charge in [-0.05, 0) is 31.2 Å². The number of Topliss-reactive ketones (excluding diaryl/α,β-unsaturated/α-hetero) is 1. The van der Waals surface area contributed by atoms with Crippen LogP contribution in [0.25, 0.3) is 0 Å². The summed E-state index contributed by atoms with van der Waals surface area (Å²) < 4.78 is 5.33. The van der Waals surface area contributed by atoms with Gasteiger partial charge in [-0.25, -0.2) is 0 Å². The minimum absolute atomic E-state index is 0.0773. The van der Waals surface area contributed by atoms with Crippen LogP contribution in [0.4, 0.5) is 5.69 Å². The first kappa shape index (κ1) is 14.3. The number of furan rings is 1. The second-order valence-corrected chi connectivity index (χ2v) is 5.50. The van der Waals surface area contributed by atoms with E-state index in [4.69, 9.17) is 4.42 Å². The lowest BCUT2D eigenvalue weighted by Crippen LogP contribution is -2.18. The van der Waals surface area contributed by atoms with Gasteiger partial charge < -0.3 is 9.52 Å². The van der Waals surface area contributed by atoms with Crippen LogP contribution in [0.3, 0.4) is 0 Å². The average Bonchev–Trinajstić information content (AvgIpc) is 3.02. The van der Waals surface area contributed by atoms with Crippen molar-refractivity contribution in [1.82, 2.24) is 0 Å². The van der Waals surface area contributed by atoms with Gasteiger partial charge in [0.1, 0.15) is 11.5 Å². The highest BCUT2D eigenvalue weighted by molar-refractivity contribution is 6.14. The van der Waals surface area contributed by atoms with Crippen molar-refractivity contribution < 1.29 is 14.3 Å². The number of carbonyl (C=O) groups is 1. The summed E-state index contributed by atoms with van der Waals surface area (Å²) in [5.74, 6) is 0.600. The molecular weight excluding hydrogens is 278 g/mol. The third-order valence-electron chi connectivity index (χ3n) is 3.81. The predicted octanol–water partition coefficient (Wildman–Crippen LogP) is 4.25. The van der Waals surface area contributed by atoms with Crippen molar-refractivity contribution in [2.75, 3.05) is 0 Å². The van der Waals surface area contributed by atoms with Gasteiger partial charge in [0.25, 0.3) is 0 Å². The van der Waals surface area contributed by atoms with Gasteiger partial charge in [-0.15, -0.1) is 0 Å². The van der Waals surface area contributed by atoms with Crippen molar-refractivity contribution in [3.63, 3.8) is 0 Å². The maximum absolute atomic E-state index is 12.2. The van der Waals surface area contributed by atoms with E-state index in [1.165, 1.54) is 6.21 Å². The van der Waals surface area contributed by atoms with Crippen LogP contribution in [-0.2, 0) is 4.79 Å². The minimum Gasteiger partial charge on any atom is -0.511 e. The quantitative estimate of drug-likeness (QED) is 0.861. The number of aliphatic hydroxyl groups excluding tert-OH is 1. The lowest BCUT2D eigenvalue weighted by atomic mass is 9.86. The number of hydrogen-bond acceptors (Lipinski definition) is 4. The topological polar surface area (TPSA) is 62.8 Å². The number of carbonyl (C=O) groups excluding carboxylic acids is 1. The lowest BCUT2D eigenvalue weighted by molar-refractivity contribution is -0.116. The van der Waals surface area contributed by atoms with E-state index >= 15 is 0 Å².